The van der Waals surface area contributed by atoms with Crippen molar-refractivity contribution in [3.05, 3.63) is 85.1 Å². The Bertz CT molecular complexity index is 1450. The van der Waals surface area contributed by atoms with Crippen molar-refractivity contribution in [3.63, 3.8) is 0 Å². The van der Waals surface area contributed by atoms with Crippen LogP contribution in [-0.4, -0.2) is 37.2 Å². The van der Waals surface area contributed by atoms with Gasteiger partial charge in [-0.2, -0.15) is 0 Å². The number of hydrogen-bond acceptors (Lipinski definition) is 6. The van der Waals surface area contributed by atoms with Crippen LogP contribution in [0.1, 0.15) is 323 Å². The molecule has 0 aliphatic carbocycles. The van der Waals surface area contributed by atoms with Gasteiger partial charge in [0.15, 0.2) is 6.10 Å². The zero-order valence-corrected chi connectivity index (χ0v) is 50.3. The minimum atomic E-state index is -0.782. The lowest BCUT2D eigenvalue weighted by Crippen LogP contribution is -2.30. The van der Waals surface area contributed by atoms with E-state index in [1.165, 1.54) is 173 Å². The van der Waals surface area contributed by atoms with Crippen molar-refractivity contribution < 1.29 is 28.6 Å². The number of rotatable bonds is 59. The smallest absolute Gasteiger partial charge is 0.306 e. The Kier molecular flexibility index (Phi) is 61.2. The molecule has 1 atom stereocenters. The van der Waals surface area contributed by atoms with E-state index in [0.29, 0.717) is 19.3 Å². The van der Waals surface area contributed by atoms with Gasteiger partial charge in [-0.05, 0) is 96.3 Å². The Morgan fingerprint density at radius 1 is 0.276 bits per heavy atom. The Labute approximate surface area is 471 Å². The zero-order chi connectivity index (χ0) is 55.0. The van der Waals surface area contributed by atoms with Crippen LogP contribution < -0.4 is 0 Å². The van der Waals surface area contributed by atoms with Gasteiger partial charge in [0.25, 0.3) is 0 Å². The van der Waals surface area contributed by atoms with Crippen LogP contribution in [0.15, 0.2) is 85.1 Å². The average molecular weight is 1060 g/mol. The predicted molar refractivity (Wildman–Crippen MR) is 330 cm³/mol. The van der Waals surface area contributed by atoms with Gasteiger partial charge in [-0.25, -0.2) is 0 Å². The second-order valence-corrected chi connectivity index (χ2v) is 21.6. The minimum Gasteiger partial charge on any atom is -0.462 e. The maximum atomic E-state index is 12.9. The van der Waals surface area contributed by atoms with Gasteiger partial charge in [-0.1, -0.05) is 292 Å². The fourth-order valence-electron chi connectivity index (χ4n) is 9.27. The standard InChI is InChI=1S/C70H122O6/c1-4-7-10-13-16-19-22-25-27-29-31-32-33-34-35-36-37-38-39-41-42-45-48-51-54-57-60-63-69(72)75-66-67(65-74-68(71)62-59-56-53-50-47-44-24-21-18-15-12-9-6-3)76-70(73)64-61-58-55-52-49-46-43-40-30-28-26-23-20-17-14-11-8-5-2/h7,10,16,19,21,24-25,27,31-32,34-35,37-38,67H,4-6,8-9,11-15,17-18,20,22-23,26,28-30,33,36,39-66H2,1-3H3/b10-7-,19-16-,24-21-,27-25-,32-31-,35-34-,38-37-. The van der Waals surface area contributed by atoms with Gasteiger partial charge in [0.2, 0.25) is 0 Å². The molecule has 6 heteroatoms. The van der Waals surface area contributed by atoms with Gasteiger partial charge in [0.1, 0.15) is 13.2 Å². The molecule has 0 aliphatic heterocycles. The summed E-state index contributed by atoms with van der Waals surface area (Å²) in [5.74, 6) is -0.881. The summed E-state index contributed by atoms with van der Waals surface area (Å²) in [6.07, 6.45) is 84.4. The molecule has 0 radical (unpaired) electrons. The van der Waals surface area contributed by atoms with Gasteiger partial charge in [0, 0.05) is 19.3 Å². The molecule has 6 nitrogen and oxygen atoms in total. The molecule has 0 N–H and O–H groups in total. The zero-order valence-electron chi connectivity index (χ0n) is 50.3. The van der Waals surface area contributed by atoms with Crippen LogP contribution >= 0.6 is 0 Å². The van der Waals surface area contributed by atoms with Crippen molar-refractivity contribution in [3.8, 4) is 0 Å². The molecule has 0 fully saturated rings. The Balaban J connectivity index is 4.31. The number of esters is 3. The minimum absolute atomic E-state index is 0.0802. The molecular formula is C70H122O6. The fraction of sp³-hybridized carbons (Fsp3) is 0.757. The summed E-state index contributed by atoms with van der Waals surface area (Å²) in [5.41, 5.74) is 0. The number of hydrogen-bond donors (Lipinski definition) is 0. The van der Waals surface area contributed by atoms with Gasteiger partial charge in [0.05, 0.1) is 0 Å². The van der Waals surface area contributed by atoms with E-state index in [1.54, 1.807) is 0 Å². The number of unbranched alkanes of at least 4 members (excludes halogenated alkanes) is 34. The lowest BCUT2D eigenvalue weighted by Gasteiger charge is -2.18. The molecule has 0 saturated carbocycles. The summed E-state index contributed by atoms with van der Waals surface area (Å²) in [7, 11) is 0. The number of ether oxygens (including phenoxy) is 3. The first kappa shape index (κ1) is 72.6. The van der Waals surface area contributed by atoms with Crippen molar-refractivity contribution in [2.45, 2.75) is 329 Å². The molecule has 0 heterocycles. The SMILES string of the molecule is CC/C=C\C/C=C\C/C=C\C/C=C\C/C=C\C/C=C\CCCCCCCCCCC(=O)OCC(COC(=O)CCCCCCC/C=C\CCCCCC)OC(=O)CCCCCCCCCCCCCCCCCCCC. The molecule has 0 aromatic heterocycles. The van der Waals surface area contributed by atoms with Gasteiger partial charge in [-0.15, -0.1) is 0 Å². The highest BCUT2D eigenvalue weighted by Gasteiger charge is 2.19. The third-order valence-electron chi connectivity index (χ3n) is 14.1. The van der Waals surface area contributed by atoms with E-state index in [1.807, 2.05) is 0 Å². The third kappa shape index (κ3) is 61.4. The summed E-state index contributed by atoms with van der Waals surface area (Å²) in [6, 6.07) is 0. The normalized spacial score (nSPS) is 12.6. The lowest BCUT2D eigenvalue weighted by atomic mass is 10.0. The van der Waals surface area contributed by atoms with E-state index in [-0.39, 0.29) is 31.1 Å². The van der Waals surface area contributed by atoms with Crippen LogP contribution in [-0.2, 0) is 28.6 Å². The van der Waals surface area contributed by atoms with Crippen molar-refractivity contribution in [2.75, 3.05) is 13.2 Å². The highest BCUT2D eigenvalue weighted by molar-refractivity contribution is 5.71. The molecule has 0 spiro atoms. The van der Waals surface area contributed by atoms with Crippen LogP contribution in [0.2, 0.25) is 0 Å². The monoisotopic (exact) mass is 1060 g/mol. The first-order chi connectivity index (χ1) is 37.5. The third-order valence-corrected chi connectivity index (χ3v) is 14.1. The number of carbonyl (C=O) groups excluding carboxylic acids is 3. The van der Waals surface area contributed by atoms with Crippen LogP contribution in [0, 0.1) is 0 Å². The summed E-state index contributed by atoms with van der Waals surface area (Å²) in [6.45, 7) is 6.54. The van der Waals surface area contributed by atoms with Crippen LogP contribution in [0.3, 0.4) is 0 Å². The number of allylic oxidation sites excluding steroid dienone is 14. The van der Waals surface area contributed by atoms with Gasteiger partial charge in [-0.3, -0.25) is 14.4 Å². The second-order valence-electron chi connectivity index (χ2n) is 21.6. The number of carbonyl (C=O) groups is 3. The maximum absolute atomic E-state index is 12.9. The molecule has 0 amide bonds. The largest absolute Gasteiger partial charge is 0.462 e. The fourth-order valence-corrected chi connectivity index (χ4v) is 9.27. The van der Waals surface area contributed by atoms with Crippen molar-refractivity contribution >= 4 is 17.9 Å². The molecular weight excluding hydrogens is 937 g/mol. The second kappa shape index (κ2) is 64.1. The first-order valence-corrected chi connectivity index (χ1v) is 32.6. The Morgan fingerprint density at radius 2 is 0.513 bits per heavy atom. The van der Waals surface area contributed by atoms with E-state index < -0.39 is 6.10 Å². The van der Waals surface area contributed by atoms with Crippen molar-refractivity contribution in [1.82, 2.24) is 0 Å². The van der Waals surface area contributed by atoms with Crippen LogP contribution in [0.25, 0.3) is 0 Å². The predicted octanol–water partition coefficient (Wildman–Crippen LogP) is 22.3. The molecule has 0 aromatic rings. The van der Waals surface area contributed by atoms with E-state index in [2.05, 4.69) is 106 Å². The molecule has 76 heavy (non-hydrogen) atoms. The molecule has 0 aliphatic rings. The van der Waals surface area contributed by atoms with E-state index in [0.717, 1.165) is 109 Å². The molecule has 0 bridgehead atoms. The van der Waals surface area contributed by atoms with E-state index >= 15 is 0 Å². The van der Waals surface area contributed by atoms with Gasteiger partial charge < -0.3 is 14.2 Å². The van der Waals surface area contributed by atoms with Crippen LogP contribution in [0.4, 0.5) is 0 Å². The molecule has 0 saturated heterocycles. The Hall–Kier alpha value is -3.41. The summed E-state index contributed by atoms with van der Waals surface area (Å²) >= 11 is 0. The highest BCUT2D eigenvalue weighted by atomic mass is 16.6. The van der Waals surface area contributed by atoms with Gasteiger partial charge >= 0.3 is 17.9 Å². The first-order valence-electron chi connectivity index (χ1n) is 32.6. The molecule has 438 valence electrons. The average Bonchev–Trinajstić information content (AvgIpc) is 3.42. The molecule has 1 unspecified atom stereocenters. The Morgan fingerprint density at radius 3 is 0.829 bits per heavy atom. The molecule has 0 aromatic carbocycles. The van der Waals surface area contributed by atoms with E-state index in [4.69, 9.17) is 14.2 Å². The summed E-state index contributed by atoms with van der Waals surface area (Å²) in [5, 5.41) is 0. The molecule has 0 rings (SSSR count). The summed E-state index contributed by atoms with van der Waals surface area (Å²) < 4.78 is 16.9. The quantitative estimate of drug-likeness (QED) is 0.0261. The van der Waals surface area contributed by atoms with Crippen LogP contribution in [0.5, 0.6) is 0 Å². The van der Waals surface area contributed by atoms with E-state index in [9.17, 15) is 14.4 Å². The van der Waals surface area contributed by atoms with Crippen molar-refractivity contribution in [2.24, 2.45) is 0 Å². The topological polar surface area (TPSA) is 78.9 Å². The summed E-state index contributed by atoms with van der Waals surface area (Å²) in [4.78, 5) is 38.3. The van der Waals surface area contributed by atoms with Crippen molar-refractivity contribution in [1.29, 1.82) is 0 Å². The highest BCUT2D eigenvalue weighted by Crippen LogP contribution is 2.17. The maximum Gasteiger partial charge on any atom is 0.306 e. The lowest BCUT2D eigenvalue weighted by molar-refractivity contribution is -0.167.